The summed E-state index contributed by atoms with van der Waals surface area (Å²) >= 11 is 0. The summed E-state index contributed by atoms with van der Waals surface area (Å²) in [6.45, 7) is 4.67. The summed E-state index contributed by atoms with van der Waals surface area (Å²) in [5.74, 6) is 0.159. The van der Waals surface area contributed by atoms with Gasteiger partial charge in [0, 0.05) is 25.2 Å². The normalized spacial score (nSPS) is 16.9. The Balaban J connectivity index is 1.66. The number of fused-ring (bicyclic) bond motifs is 1. The third-order valence-electron chi connectivity index (χ3n) is 5.08. The van der Waals surface area contributed by atoms with Crippen LogP contribution >= 0.6 is 0 Å². The van der Waals surface area contributed by atoms with Gasteiger partial charge in [-0.05, 0) is 13.3 Å². The van der Waals surface area contributed by atoms with Crippen LogP contribution in [-0.4, -0.2) is 57.7 Å². The van der Waals surface area contributed by atoms with Crippen molar-refractivity contribution < 1.29 is 22.5 Å². The second-order valence-corrected chi connectivity index (χ2v) is 9.38. The van der Waals surface area contributed by atoms with E-state index < -0.39 is 10.0 Å². The first-order chi connectivity index (χ1) is 15.4. The van der Waals surface area contributed by atoms with Crippen LogP contribution in [0.15, 0.2) is 16.9 Å². The molecule has 0 bridgehead atoms. The SMILES string of the molecule is CCCS(=O)(=O)NCc1noc(-c2cnc3c(cnn3CC)c2NC2CCOC(=O)C2)n1. The lowest BCUT2D eigenvalue weighted by molar-refractivity contribution is -0.147. The molecule has 12 nitrogen and oxygen atoms in total. The van der Waals surface area contributed by atoms with Gasteiger partial charge in [-0.2, -0.15) is 10.1 Å². The molecule has 3 aromatic rings. The van der Waals surface area contributed by atoms with Gasteiger partial charge in [0.2, 0.25) is 10.0 Å². The Morgan fingerprint density at radius 2 is 2.12 bits per heavy atom. The molecule has 1 fully saturated rings. The van der Waals surface area contributed by atoms with Crippen LogP contribution < -0.4 is 10.0 Å². The number of anilines is 1. The molecule has 0 spiro atoms. The van der Waals surface area contributed by atoms with Crippen molar-refractivity contribution in [2.75, 3.05) is 17.7 Å². The van der Waals surface area contributed by atoms with Crippen LogP contribution in [0.1, 0.15) is 38.9 Å². The molecule has 4 rings (SSSR count). The number of sulfonamides is 1. The van der Waals surface area contributed by atoms with E-state index in [0.717, 1.165) is 5.39 Å². The number of esters is 1. The number of pyridine rings is 1. The van der Waals surface area contributed by atoms with Gasteiger partial charge in [0.1, 0.15) is 0 Å². The Morgan fingerprint density at radius 3 is 2.88 bits per heavy atom. The van der Waals surface area contributed by atoms with Gasteiger partial charge in [0.05, 0.1) is 48.2 Å². The second-order valence-electron chi connectivity index (χ2n) is 7.45. The first kappa shape index (κ1) is 22.1. The monoisotopic (exact) mass is 463 g/mol. The minimum atomic E-state index is -3.40. The van der Waals surface area contributed by atoms with E-state index in [1.165, 1.54) is 0 Å². The molecule has 1 aliphatic heterocycles. The number of aromatic nitrogens is 5. The highest BCUT2D eigenvalue weighted by molar-refractivity contribution is 7.89. The zero-order valence-corrected chi connectivity index (χ0v) is 18.7. The van der Waals surface area contributed by atoms with E-state index in [-0.39, 0.29) is 42.4 Å². The maximum atomic E-state index is 11.9. The molecule has 1 aliphatic rings. The summed E-state index contributed by atoms with van der Waals surface area (Å²) in [5, 5.41) is 12.4. The van der Waals surface area contributed by atoms with Crippen LogP contribution in [0.3, 0.4) is 0 Å². The van der Waals surface area contributed by atoms with Gasteiger partial charge in [-0.3, -0.25) is 4.79 Å². The highest BCUT2D eigenvalue weighted by Crippen LogP contribution is 2.34. The standard InChI is InChI=1S/C19H25N7O5S/c1-3-7-32(28,29)22-11-15-24-19(31-25-15)14-9-20-18-13(10-21-26(18)4-2)17(14)23-12-5-6-30-16(27)8-12/h9-10,12,22H,3-8,11H2,1-2H3,(H,20,23). The lowest BCUT2D eigenvalue weighted by atomic mass is 10.1. The number of rotatable bonds is 9. The fourth-order valence-corrected chi connectivity index (χ4v) is 4.56. The van der Waals surface area contributed by atoms with Gasteiger partial charge in [0.25, 0.3) is 5.89 Å². The lowest BCUT2D eigenvalue weighted by Crippen LogP contribution is -2.31. The van der Waals surface area contributed by atoms with Crippen LogP contribution in [-0.2, 0) is 32.6 Å². The van der Waals surface area contributed by atoms with Gasteiger partial charge in [-0.25, -0.2) is 22.8 Å². The first-order valence-electron chi connectivity index (χ1n) is 10.5. The molecule has 0 amide bonds. The minimum absolute atomic E-state index is 0.0254. The Kier molecular flexibility index (Phi) is 6.37. The number of cyclic esters (lactones) is 1. The Hall–Kier alpha value is -3.06. The van der Waals surface area contributed by atoms with E-state index in [4.69, 9.17) is 9.26 Å². The third-order valence-corrected chi connectivity index (χ3v) is 6.61. The van der Waals surface area contributed by atoms with Gasteiger partial charge in [-0.15, -0.1) is 0 Å². The van der Waals surface area contributed by atoms with Gasteiger partial charge in [0.15, 0.2) is 11.5 Å². The minimum Gasteiger partial charge on any atom is -0.466 e. The summed E-state index contributed by atoms with van der Waals surface area (Å²) in [5.41, 5.74) is 1.91. The van der Waals surface area contributed by atoms with Crippen molar-refractivity contribution >= 4 is 32.7 Å². The molecule has 32 heavy (non-hydrogen) atoms. The molecule has 0 saturated carbocycles. The number of ether oxygens (including phenoxy) is 1. The van der Waals surface area contributed by atoms with E-state index >= 15 is 0 Å². The average molecular weight is 464 g/mol. The molecule has 0 aromatic carbocycles. The van der Waals surface area contributed by atoms with Gasteiger partial charge >= 0.3 is 5.97 Å². The van der Waals surface area contributed by atoms with Crippen molar-refractivity contribution in [1.29, 1.82) is 0 Å². The highest BCUT2D eigenvalue weighted by Gasteiger charge is 2.25. The van der Waals surface area contributed by atoms with E-state index in [2.05, 4.69) is 30.3 Å². The molecular weight excluding hydrogens is 438 g/mol. The van der Waals surface area contributed by atoms with Crippen LogP contribution in [0.25, 0.3) is 22.5 Å². The Labute approximate surface area is 184 Å². The zero-order chi connectivity index (χ0) is 22.7. The number of hydrogen-bond donors (Lipinski definition) is 2. The molecule has 13 heteroatoms. The van der Waals surface area contributed by atoms with Crippen molar-refractivity contribution in [3.05, 3.63) is 18.2 Å². The summed E-state index contributed by atoms with van der Waals surface area (Å²) < 4.78 is 38.5. The summed E-state index contributed by atoms with van der Waals surface area (Å²) in [6.07, 6.45) is 4.71. The quantitative estimate of drug-likeness (QED) is 0.446. The highest BCUT2D eigenvalue weighted by atomic mass is 32.2. The fraction of sp³-hybridized carbons (Fsp3) is 0.526. The maximum Gasteiger partial charge on any atom is 0.307 e. The van der Waals surface area contributed by atoms with Crippen LogP contribution in [0.5, 0.6) is 0 Å². The molecule has 2 N–H and O–H groups in total. The third kappa shape index (κ3) is 4.72. The largest absolute Gasteiger partial charge is 0.466 e. The van der Waals surface area contributed by atoms with Crippen molar-refractivity contribution in [3.8, 4) is 11.5 Å². The molecule has 1 atom stereocenters. The van der Waals surface area contributed by atoms with E-state index in [1.54, 1.807) is 24.0 Å². The molecule has 1 unspecified atom stereocenters. The number of carbonyl (C=O) groups excluding carboxylic acids is 1. The molecule has 3 aromatic heterocycles. The summed E-state index contributed by atoms with van der Waals surface area (Å²) in [4.78, 5) is 20.6. The van der Waals surface area contributed by atoms with Crippen molar-refractivity contribution in [2.24, 2.45) is 0 Å². The van der Waals surface area contributed by atoms with Crippen molar-refractivity contribution in [1.82, 2.24) is 29.6 Å². The summed E-state index contributed by atoms with van der Waals surface area (Å²) in [7, 11) is -3.40. The zero-order valence-electron chi connectivity index (χ0n) is 17.9. The van der Waals surface area contributed by atoms with E-state index in [1.807, 2.05) is 6.92 Å². The molecule has 172 valence electrons. The Morgan fingerprint density at radius 1 is 1.28 bits per heavy atom. The predicted octanol–water partition coefficient (Wildman–Crippen LogP) is 1.45. The number of carbonyl (C=O) groups is 1. The topological polar surface area (TPSA) is 154 Å². The lowest BCUT2D eigenvalue weighted by Gasteiger charge is -2.24. The number of nitrogens with one attached hydrogen (secondary N) is 2. The van der Waals surface area contributed by atoms with Crippen molar-refractivity contribution in [2.45, 2.75) is 52.2 Å². The molecule has 4 heterocycles. The molecule has 0 aliphatic carbocycles. The Bertz CT molecular complexity index is 1220. The molecular formula is C19H25N7O5S. The maximum absolute atomic E-state index is 11.9. The van der Waals surface area contributed by atoms with E-state index in [0.29, 0.717) is 42.9 Å². The van der Waals surface area contributed by atoms with Crippen LogP contribution in [0, 0.1) is 0 Å². The number of aryl methyl sites for hydroxylation is 1. The van der Waals surface area contributed by atoms with Gasteiger partial charge in [-0.1, -0.05) is 12.1 Å². The molecule has 1 saturated heterocycles. The number of hydrogen-bond acceptors (Lipinski definition) is 10. The predicted molar refractivity (Wildman–Crippen MR) is 115 cm³/mol. The summed E-state index contributed by atoms with van der Waals surface area (Å²) in [6, 6.07) is -0.131. The van der Waals surface area contributed by atoms with Crippen LogP contribution in [0.4, 0.5) is 5.69 Å². The average Bonchev–Trinajstić information content (AvgIpc) is 3.40. The first-order valence-corrected chi connectivity index (χ1v) is 12.1. The van der Waals surface area contributed by atoms with Crippen molar-refractivity contribution in [3.63, 3.8) is 0 Å². The number of nitrogens with zero attached hydrogens (tertiary/aromatic N) is 5. The molecule has 0 radical (unpaired) electrons. The smallest absolute Gasteiger partial charge is 0.307 e. The second kappa shape index (κ2) is 9.20. The van der Waals surface area contributed by atoms with E-state index in [9.17, 15) is 13.2 Å². The van der Waals surface area contributed by atoms with Crippen LogP contribution in [0.2, 0.25) is 0 Å². The fourth-order valence-electron chi connectivity index (χ4n) is 3.53. The van der Waals surface area contributed by atoms with Gasteiger partial charge < -0.3 is 14.6 Å².